The number of hydrogen-bond donors (Lipinski definition) is 0. The average Bonchev–Trinajstić information content (AvgIpc) is 2.29. The van der Waals surface area contributed by atoms with Crippen molar-refractivity contribution in [3.05, 3.63) is 0 Å². The van der Waals surface area contributed by atoms with Gasteiger partial charge < -0.3 is 4.74 Å². The van der Waals surface area contributed by atoms with Crippen LogP contribution in [0.25, 0.3) is 0 Å². The highest BCUT2D eigenvalue weighted by molar-refractivity contribution is 5.87. The lowest BCUT2D eigenvalue weighted by atomic mass is 9.80. The monoisotopic (exact) mass is 226 g/mol. The molecule has 0 aliphatic heterocycles. The molecule has 92 valence electrons. The molecule has 1 fully saturated rings. The third-order valence-electron chi connectivity index (χ3n) is 3.32. The van der Waals surface area contributed by atoms with Gasteiger partial charge >= 0.3 is 5.97 Å². The number of ether oxygens (including phenoxy) is 1. The van der Waals surface area contributed by atoms with E-state index in [1.165, 1.54) is 0 Å². The van der Waals surface area contributed by atoms with E-state index in [4.69, 9.17) is 4.74 Å². The topological polar surface area (TPSA) is 43.4 Å². The molecule has 1 saturated carbocycles. The summed E-state index contributed by atoms with van der Waals surface area (Å²) in [7, 11) is 0. The van der Waals surface area contributed by atoms with Crippen molar-refractivity contribution in [2.75, 3.05) is 6.61 Å². The van der Waals surface area contributed by atoms with Crippen LogP contribution in [0.15, 0.2) is 0 Å². The number of hydrogen-bond acceptors (Lipinski definition) is 3. The number of esters is 1. The number of ketones is 1. The molecule has 0 spiro atoms. The molecule has 0 aromatic carbocycles. The van der Waals surface area contributed by atoms with Crippen molar-refractivity contribution in [1.82, 2.24) is 0 Å². The molecular formula is C13H22O3. The molecule has 1 aliphatic carbocycles. The van der Waals surface area contributed by atoms with Crippen molar-refractivity contribution in [3.63, 3.8) is 0 Å². The number of Topliss-reactive ketones (excluding diaryl/α,β-unsaturated/α-hetero) is 1. The van der Waals surface area contributed by atoms with Gasteiger partial charge in [-0.25, -0.2) is 0 Å². The Kier molecular flexibility index (Phi) is 5.50. The highest BCUT2D eigenvalue weighted by atomic mass is 16.5. The molecule has 2 atom stereocenters. The average molecular weight is 226 g/mol. The smallest absolute Gasteiger partial charge is 0.309 e. The SMILES string of the molecule is CCCCOC(=O)C(C)C1CCCCC1=O. The van der Waals surface area contributed by atoms with Gasteiger partial charge in [-0.05, 0) is 19.3 Å². The Morgan fingerprint density at radius 1 is 1.50 bits per heavy atom. The molecule has 3 nitrogen and oxygen atoms in total. The summed E-state index contributed by atoms with van der Waals surface area (Å²) in [4.78, 5) is 23.4. The zero-order chi connectivity index (χ0) is 12.0. The van der Waals surface area contributed by atoms with Crippen LogP contribution < -0.4 is 0 Å². The molecule has 0 bridgehead atoms. The Hall–Kier alpha value is -0.860. The van der Waals surface area contributed by atoms with Crippen molar-refractivity contribution in [2.45, 2.75) is 52.4 Å². The van der Waals surface area contributed by atoms with Gasteiger partial charge in [0.25, 0.3) is 0 Å². The summed E-state index contributed by atoms with van der Waals surface area (Å²) >= 11 is 0. The first kappa shape index (κ1) is 13.2. The first-order chi connectivity index (χ1) is 7.66. The van der Waals surface area contributed by atoms with Gasteiger partial charge in [0.05, 0.1) is 12.5 Å². The first-order valence-corrected chi connectivity index (χ1v) is 6.36. The van der Waals surface area contributed by atoms with Gasteiger partial charge in [-0.2, -0.15) is 0 Å². The summed E-state index contributed by atoms with van der Waals surface area (Å²) in [5.74, 6) is -0.313. The van der Waals surface area contributed by atoms with Gasteiger partial charge in [0.2, 0.25) is 0 Å². The highest BCUT2D eigenvalue weighted by Crippen LogP contribution is 2.27. The zero-order valence-electron chi connectivity index (χ0n) is 10.3. The maximum Gasteiger partial charge on any atom is 0.309 e. The summed E-state index contributed by atoms with van der Waals surface area (Å²) in [6.45, 7) is 4.37. The van der Waals surface area contributed by atoms with Gasteiger partial charge in [0, 0.05) is 12.3 Å². The number of carbonyl (C=O) groups is 2. The molecule has 3 heteroatoms. The Balaban J connectivity index is 2.39. The normalized spacial score (nSPS) is 22.9. The minimum absolute atomic E-state index is 0.0946. The molecule has 1 rings (SSSR count). The molecular weight excluding hydrogens is 204 g/mol. The fourth-order valence-corrected chi connectivity index (χ4v) is 2.15. The zero-order valence-corrected chi connectivity index (χ0v) is 10.3. The van der Waals surface area contributed by atoms with E-state index in [1.54, 1.807) is 0 Å². The largest absolute Gasteiger partial charge is 0.465 e. The van der Waals surface area contributed by atoms with Crippen LogP contribution in [0.4, 0.5) is 0 Å². The predicted molar refractivity (Wildman–Crippen MR) is 62.0 cm³/mol. The van der Waals surface area contributed by atoms with Gasteiger partial charge in [0.1, 0.15) is 5.78 Å². The van der Waals surface area contributed by atoms with Gasteiger partial charge in [-0.1, -0.05) is 26.7 Å². The molecule has 16 heavy (non-hydrogen) atoms. The number of unbranched alkanes of at least 4 members (excludes halogenated alkanes) is 1. The van der Waals surface area contributed by atoms with Crippen molar-refractivity contribution < 1.29 is 14.3 Å². The van der Waals surface area contributed by atoms with E-state index in [-0.39, 0.29) is 23.6 Å². The second kappa shape index (κ2) is 6.66. The summed E-state index contributed by atoms with van der Waals surface area (Å²) < 4.78 is 5.15. The van der Waals surface area contributed by atoms with Crippen molar-refractivity contribution in [2.24, 2.45) is 11.8 Å². The lowest BCUT2D eigenvalue weighted by Crippen LogP contribution is -2.31. The summed E-state index contributed by atoms with van der Waals surface area (Å²) in [5.41, 5.74) is 0. The Morgan fingerprint density at radius 3 is 2.88 bits per heavy atom. The minimum atomic E-state index is -0.260. The van der Waals surface area contributed by atoms with Gasteiger partial charge in [-0.3, -0.25) is 9.59 Å². The quantitative estimate of drug-likeness (QED) is 0.534. The molecule has 0 aromatic rings. The van der Waals surface area contributed by atoms with E-state index >= 15 is 0 Å². The van der Waals surface area contributed by atoms with Crippen LogP contribution in [0.2, 0.25) is 0 Å². The van der Waals surface area contributed by atoms with Crippen LogP contribution >= 0.6 is 0 Å². The van der Waals surface area contributed by atoms with Crippen LogP contribution in [0.5, 0.6) is 0 Å². The molecule has 0 N–H and O–H groups in total. The molecule has 1 aliphatic rings. The number of carbonyl (C=O) groups excluding carboxylic acids is 2. The lowest BCUT2D eigenvalue weighted by molar-refractivity contribution is -0.152. The Bertz CT molecular complexity index is 248. The Morgan fingerprint density at radius 2 is 2.25 bits per heavy atom. The summed E-state index contributed by atoms with van der Waals surface area (Å²) in [5, 5.41) is 0. The van der Waals surface area contributed by atoms with E-state index in [9.17, 15) is 9.59 Å². The van der Waals surface area contributed by atoms with E-state index in [1.807, 2.05) is 6.92 Å². The summed E-state index contributed by atoms with van der Waals surface area (Å²) in [6, 6.07) is 0. The second-order valence-electron chi connectivity index (χ2n) is 4.63. The molecule has 0 saturated heterocycles. The Labute approximate surface area is 97.5 Å². The van der Waals surface area contributed by atoms with E-state index in [2.05, 4.69) is 6.92 Å². The highest BCUT2D eigenvalue weighted by Gasteiger charge is 2.32. The summed E-state index contributed by atoms with van der Waals surface area (Å²) in [6.07, 6.45) is 5.44. The van der Waals surface area contributed by atoms with Crippen LogP contribution in [-0.4, -0.2) is 18.4 Å². The first-order valence-electron chi connectivity index (χ1n) is 6.36. The van der Waals surface area contributed by atoms with Crippen LogP contribution in [-0.2, 0) is 14.3 Å². The van der Waals surface area contributed by atoms with E-state index in [0.717, 1.165) is 32.1 Å². The standard InChI is InChI=1S/C13H22O3/c1-3-4-9-16-13(15)10(2)11-7-5-6-8-12(11)14/h10-11H,3-9H2,1-2H3. The molecule has 0 radical (unpaired) electrons. The van der Waals surface area contributed by atoms with E-state index in [0.29, 0.717) is 13.0 Å². The maximum absolute atomic E-state index is 11.7. The third-order valence-corrected chi connectivity index (χ3v) is 3.32. The lowest BCUT2D eigenvalue weighted by Gasteiger charge is -2.24. The van der Waals surface area contributed by atoms with Crippen LogP contribution in [0, 0.1) is 11.8 Å². The fraction of sp³-hybridized carbons (Fsp3) is 0.846. The number of rotatable bonds is 5. The molecule has 2 unspecified atom stereocenters. The fourth-order valence-electron chi connectivity index (χ4n) is 2.15. The minimum Gasteiger partial charge on any atom is -0.465 e. The van der Waals surface area contributed by atoms with Crippen molar-refractivity contribution >= 4 is 11.8 Å². The predicted octanol–water partition coefficient (Wildman–Crippen LogP) is 2.73. The molecule has 0 amide bonds. The van der Waals surface area contributed by atoms with Gasteiger partial charge in [0.15, 0.2) is 0 Å². The third kappa shape index (κ3) is 3.62. The van der Waals surface area contributed by atoms with Crippen molar-refractivity contribution in [1.29, 1.82) is 0 Å². The van der Waals surface area contributed by atoms with Crippen LogP contribution in [0.3, 0.4) is 0 Å². The molecule has 0 heterocycles. The maximum atomic E-state index is 11.7. The van der Waals surface area contributed by atoms with Crippen molar-refractivity contribution in [3.8, 4) is 0 Å². The van der Waals surface area contributed by atoms with E-state index < -0.39 is 0 Å². The molecule has 0 aromatic heterocycles. The second-order valence-corrected chi connectivity index (χ2v) is 4.63. The van der Waals surface area contributed by atoms with Crippen LogP contribution in [0.1, 0.15) is 52.4 Å². The van der Waals surface area contributed by atoms with Gasteiger partial charge in [-0.15, -0.1) is 0 Å².